The highest BCUT2D eigenvalue weighted by Crippen LogP contribution is 2.28. The molecule has 0 bridgehead atoms. The van der Waals surface area contributed by atoms with Crippen molar-refractivity contribution in [2.75, 3.05) is 14.2 Å². The van der Waals surface area contributed by atoms with Crippen LogP contribution in [-0.2, 0) is 9.53 Å². The van der Waals surface area contributed by atoms with E-state index in [0.717, 1.165) is 0 Å². The van der Waals surface area contributed by atoms with E-state index in [2.05, 4.69) is 5.32 Å². The summed E-state index contributed by atoms with van der Waals surface area (Å²) in [5.41, 5.74) is -0.126. The maximum absolute atomic E-state index is 11.9. The predicted molar refractivity (Wildman–Crippen MR) is 83.9 cm³/mol. The van der Waals surface area contributed by atoms with E-state index in [0.29, 0.717) is 17.1 Å². The van der Waals surface area contributed by atoms with Gasteiger partial charge in [0.2, 0.25) is 0 Å². The fraction of sp³-hybridized carbons (Fsp3) is 0.500. The summed E-state index contributed by atoms with van der Waals surface area (Å²) in [4.78, 5) is 23.0. The molecule has 1 atom stereocenters. The molecule has 0 spiro atoms. The molecule has 0 aliphatic heterocycles. The SMILES string of the molecule is COc1cc(OC)cc([C@@H](CC(=O)O)NC(=O)OC(C)(C)C)c1. The number of benzene rings is 1. The second-order valence-corrected chi connectivity index (χ2v) is 5.94. The van der Waals surface area contributed by atoms with Crippen LogP contribution in [0.15, 0.2) is 18.2 Å². The number of ether oxygens (including phenoxy) is 3. The number of carbonyl (C=O) groups excluding carboxylic acids is 1. The van der Waals surface area contributed by atoms with Gasteiger partial charge in [-0.15, -0.1) is 0 Å². The molecule has 0 aliphatic rings. The Morgan fingerprint density at radius 1 is 1.13 bits per heavy atom. The zero-order valence-corrected chi connectivity index (χ0v) is 14.0. The predicted octanol–water partition coefficient (Wildman–Crippen LogP) is 2.74. The van der Waals surface area contributed by atoms with Gasteiger partial charge in [0.25, 0.3) is 0 Å². The molecule has 0 heterocycles. The highest BCUT2D eigenvalue weighted by molar-refractivity contribution is 5.72. The number of hydrogen-bond acceptors (Lipinski definition) is 5. The molecule has 23 heavy (non-hydrogen) atoms. The van der Waals surface area contributed by atoms with Crippen molar-refractivity contribution in [1.29, 1.82) is 0 Å². The van der Waals surface area contributed by atoms with Gasteiger partial charge in [-0.05, 0) is 38.5 Å². The minimum atomic E-state index is -1.05. The number of nitrogens with one attached hydrogen (secondary N) is 1. The van der Waals surface area contributed by atoms with E-state index >= 15 is 0 Å². The second kappa shape index (κ2) is 7.71. The van der Waals surface area contributed by atoms with Gasteiger partial charge in [-0.2, -0.15) is 0 Å². The van der Waals surface area contributed by atoms with Gasteiger partial charge in [-0.25, -0.2) is 4.79 Å². The summed E-state index contributed by atoms with van der Waals surface area (Å²) in [5, 5.41) is 11.7. The van der Waals surface area contributed by atoms with Crippen molar-refractivity contribution in [3.8, 4) is 11.5 Å². The molecule has 128 valence electrons. The van der Waals surface area contributed by atoms with Crippen LogP contribution in [0.4, 0.5) is 4.79 Å². The summed E-state index contributed by atoms with van der Waals surface area (Å²) < 4.78 is 15.5. The summed E-state index contributed by atoms with van der Waals surface area (Å²) in [6, 6.07) is 4.18. The van der Waals surface area contributed by atoms with Crippen molar-refractivity contribution in [2.24, 2.45) is 0 Å². The average molecular weight is 325 g/mol. The highest BCUT2D eigenvalue weighted by atomic mass is 16.6. The standard InChI is InChI=1S/C16H23NO6/c1-16(2,3)23-15(20)17-13(9-14(18)19)10-6-11(21-4)8-12(7-10)22-5/h6-8,13H,9H2,1-5H3,(H,17,20)(H,18,19)/t13-/m1/s1. The van der Waals surface area contributed by atoms with E-state index < -0.39 is 23.7 Å². The van der Waals surface area contributed by atoms with Gasteiger partial charge in [0.1, 0.15) is 17.1 Å². The van der Waals surface area contributed by atoms with Crippen molar-refractivity contribution in [3.63, 3.8) is 0 Å². The van der Waals surface area contributed by atoms with Crippen molar-refractivity contribution >= 4 is 12.1 Å². The summed E-state index contributed by atoms with van der Waals surface area (Å²) in [6.45, 7) is 5.19. The van der Waals surface area contributed by atoms with Crippen LogP contribution in [0.5, 0.6) is 11.5 Å². The summed E-state index contributed by atoms with van der Waals surface area (Å²) >= 11 is 0. The smallest absolute Gasteiger partial charge is 0.408 e. The van der Waals surface area contributed by atoms with E-state index in [1.165, 1.54) is 14.2 Å². The Morgan fingerprint density at radius 3 is 2.04 bits per heavy atom. The lowest BCUT2D eigenvalue weighted by molar-refractivity contribution is -0.137. The van der Waals surface area contributed by atoms with E-state index in [1.54, 1.807) is 39.0 Å². The minimum absolute atomic E-state index is 0.296. The molecular formula is C16H23NO6. The first-order valence-corrected chi connectivity index (χ1v) is 7.09. The highest BCUT2D eigenvalue weighted by Gasteiger charge is 2.23. The van der Waals surface area contributed by atoms with Crippen LogP contribution >= 0.6 is 0 Å². The molecule has 7 nitrogen and oxygen atoms in total. The van der Waals surface area contributed by atoms with Crippen LogP contribution in [0.25, 0.3) is 0 Å². The molecule has 0 unspecified atom stereocenters. The first-order valence-electron chi connectivity index (χ1n) is 7.09. The third-order valence-corrected chi connectivity index (χ3v) is 2.85. The maximum atomic E-state index is 11.9. The molecular weight excluding hydrogens is 302 g/mol. The minimum Gasteiger partial charge on any atom is -0.497 e. The first kappa shape index (κ1) is 18.6. The number of hydrogen-bond donors (Lipinski definition) is 2. The van der Waals surface area contributed by atoms with Gasteiger partial charge >= 0.3 is 12.1 Å². The first-order chi connectivity index (χ1) is 10.6. The topological polar surface area (TPSA) is 94.1 Å². The van der Waals surface area contributed by atoms with Gasteiger partial charge in [-0.1, -0.05) is 0 Å². The molecule has 0 radical (unpaired) electrons. The summed E-state index contributed by atoms with van der Waals surface area (Å²) in [6.07, 6.45) is -0.985. The Labute approximate surface area is 135 Å². The fourth-order valence-electron chi connectivity index (χ4n) is 1.91. The van der Waals surface area contributed by atoms with Crippen molar-refractivity contribution in [1.82, 2.24) is 5.32 Å². The molecule has 2 N–H and O–H groups in total. The van der Waals surface area contributed by atoms with Gasteiger partial charge in [0, 0.05) is 6.07 Å². The summed E-state index contributed by atoms with van der Waals surface area (Å²) in [5.74, 6) is -0.0469. The van der Waals surface area contributed by atoms with Crippen LogP contribution < -0.4 is 14.8 Å². The van der Waals surface area contributed by atoms with E-state index in [4.69, 9.17) is 19.3 Å². The Kier molecular flexibility index (Phi) is 6.24. The van der Waals surface area contributed by atoms with Crippen molar-refractivity contribution < 1.29 is 28.9 Å². The second-order valence-electron chi connectivity index (χ2n) is 5.94. The zero-order valence-electron chi connectivity index (χ0n) is 14.0. The van der Waals surface area contributed by atoms with Crippen LogP contribution in [-0.4, -0.2) is 37.0 Å². The normalized spacial score (nSPS) is 12.2. The molecule has 1 aromatic carbocycles. The number of alkyl carbamates (subject to hydrolysis) is 1. The molecule has 1 aromatic rings. The van der Waals surface area contributed by atoms with Crippen LogP contribution in [0.1, 0.15) is 38.8 Å². The van der Waals surface area contributed by atoms with Crippen LogP contribution in [0.3, 0.4) is 0 Å². The zero-order chi connectivity index (χ0) is 17.6. The number of aliphatic carboxylic acids is 1. The number of amides is 1. The number of rotatable bonds is 6. The lowest BCUT2D eigenvalue weighted by atomic mass is 10.0. The molecule has 0 fully saturated rings. The Bertz CT molecular complexity index is 542. The quantitative estimate of drug-likeness (QED) is 0.835. The Morgan fingerprint density at radius 2 is 1.65 bits per heavy atom. The Balaban J connectivity index is 3.06. The van der Waals surface area contributed by atoms with Gasteiger partial charge in [0.05, 0.1) is 26.7 Å². The number of carboxylic acids is 1. The maximum Gasteiger partial charge on any atom is 0.408 e. The number of methoxy groups -OCH3 is 2. The van der Waals surface area contributed by atoms with E-state index in [-0.39, 0.29) is 6.42 Å². The molecule has 1 amide bonds. The lowest BCUT2D eigenvalue weighted by Gasteiger charge is -2.23. The largest absolute Gasteiger partial charge is 0.497 e. The van der Waals surface area contributed by atoms with Gasteiger partial charge < -0.3 is 24.6 Å². The third kappa shape index (κ3) is 6.46. The van der Waals surface area contributed by atoms with E-state index in [1.807, 2.05) is 0 Å². The molecule has 0 aromatic heterocycles. The third-order valence-electron chi connectivity index (χ3n) is 2.85. The van der Waals surface area contributed by atoms with E-state index in [9.17, 15) is 9.59 Å². The van der Waals surface area contributed by atoms with Gasteiger partial charge in [0.15, 0.2) is 0 Å². The molecule has 1 rings (SSSR count). The molecule has 0 aliphatic carbocycles. The van der Waals surface area contributed by atoms with Crippen molar-refractivity contribution in [2.45, 2.75) is 38.8 Å². The molecule has 0 saturated heterocycles. The van der Waals surface area contributed by atoms with Crippen LogP contribution in [0, 0.1) is 0 Å². The van der Waals surface area contributed by atoms with Crippen LogP contribution in [0.2, 0.25) is 0 Å². The molecule has 7 heteroatoms. The fourth-order valence-corrected chi connectivity index (χ4v) is 1.91. The number of carboxylic acid groups (broad SMARTS) is 1. The van der Waals surface area contributed by atoms with Crippen molar-refractivity contribution in [3.05, 3.63) is 23.8 Å². The monoisotopic (exact) mass is 325 g/mol. The summed E-state index contributed by atoms with van der Waals surface area (Å²) in [7, 11) is 2.98. The molecule has 0 saturated carbocycles. The number of carbonyl (C=O) groups is 2. The van der Waals surface area contributed by atoms with Gasteiger partial charge in [-0.3, -0.25) is 4.79 Å². The lowest BCUT2D eigenvalue weighted by Crippen LogP contribution is -2.35. The Hall–Kier alpha value is -2.44. The average Bonchev–Trinajstić information content (AvgIpc) is 2.43.